The van der Waals surface area contributed by atoms with Crippen LogP contribution in [0.3, 0.4) is 0 Å². The second kappa shape index (κ2) is 11.5. The van der Waals surface area contributed by atoms with Crippen molar-refractivity contribution in [1.82, 2.24) is 9.62 Å². The third-order valence-electron chi connectivity index (χ3n) is 8.27. The molecule has 39 heavy (non-hydrogen) atoms. The summed E-state index contributed by atoms with van der Waals surface area (Å²) in [6, 6.07) is 18.7. The van der Waals surface area contributed by atoms with E-state index in [0.29, 0.717) is 19.5 Å². The van der Waals surface area contributed by atoms with Crippen LogP contribution in [0.2, 0.25) is 0 Å². The molecule has 9 heteroatoms. The number of rotatable bonds is 8. The molecule has 1 heterocycles. The van der Waals surface area contributed by atoms with Crippen molar-refractivity contribution < 1.29 is 23.1 Å². The van der Waals surface area contributed by atoms with Gasteiger partial charge in [-0.15, -0.1) is 0 Å². The molecule has 1 saturated heterocycles. The molecule has 4 N–H and O–H groups in total. The van der Waals surface area contributed by atoms with Crippen molar-refractivity contribution in [3.05, 3.63) is 77.9 Å². The summed E-state index contributed by atoms with van der Waals surface area (Å²) in [4.78, 5) is 27.9. The topological polar surface area (TPSA) is 130 Å². The highest BCUT2D eigenvalue weighted by Crippen LogP contribution is 2.39. The van der Waals surface area contributed by atoms with Crippen molar-refractivity contribution in [3.8, 4) is 0 Å². The van der Waals surface area contributed by atoms with E-state index in [2.05, 4.69) is 4.72 Å². The molecular weight excluding hydrogens is 514 g/mol. The van der Waals surface area contributed by atoms with E-state index in [0.717, 1.165) is 47.6 Å². The summed E-state index contributed by atoms with van der Waals surface area (Å²) < 4.78 is 30.0. The van der Waals surface area contributed by atoms with Crippen molar-refractivity contribution in [2.24, 2.45) is 17.6 Å². The van der Waals surface area contributed by atoms with Crippen molar-refractivity contribution in [3.63, 3.8) is 0 Å². The Kier molecular flexibility index (Phi) is 8.02. The quantitative estimate of drug-likeness (QED) is 0.393. The van der Waals surface area contributed by atoms with Crippen LogP contribution in [0.1, 0.15) is 43.2 Å². The summed E-state index contributed by atoms with van der Waals surface area (Å²) in [5, 5.41) is 11.5. The maximum Gasteiger partial charge on any atom is 0.306 e. The van der Waals surface area contributed by atoms with E-state index in [1.807, 2.05) is 48.5 Å². The Hall–Kier alpha value is -3.27. The number of carboxylic acid groups (broad SMARTS) is 1. The molecule has 1 saturated carbocycles. The molecule has 3 aromatic carbocycles. The smallest absolute Gasteiger partial charge is 0.306 e. The highest BCUT2D eigenvalue weighted by atomic mass is 32.2. The molecule has 0 bridgehead atoms. The zero-order valence-corrected chi connectivity index (χ0v) is 22.6. The van der Waals surface area contributed by atoms with Crippen LogP contribution in [0.5, 0.6) is 0 Å². The molecule has 5 rings (SSSR count). The van der Waals surface area contributed by atoms with Gasteiger partial charge in [0.25, 0.3) is 0 Å². The maximum absolute atomic E-state index is 14.1. The molecule has 0 spiro atoms. The minimum absolute atomic E-state index is 0.0924. The number of benzene rings is 3. The fraction of sp³-hybridized carbons (Fsp3) is 0.400. The molecular formula is C30H35N3O5S. The summed E-state index contributed by atoms with van der Waals surface area (Å²) in [7, 11) is -4.04. The Balaban J connectivity index is 1.47. The second-order valence-corrected chi connectivity index (χ2v) is 12.4. The van der Waals surface area contributed by atoms with Crippen LogP contribution in [0.25, 0.3) is 10.8 Å². The molecule has 0 radical (unpaired) electrons. The van der Waals surface area contributed by atoms with E-state index in [1.165, 1.54) is 0 Å². The zero-order chi connectivity index (χ0) is 27.6. The van der Waals surface area contributed by atoms with Crippen molar-refractivity contribution in [1.29, 1.82) is 0 Å². The highest BCUT2D eigenvalue weighted by Gasteiger charge is 2.45. The lowest BCUT2D eigenvalue weighted by atomic mass is 9.71. The van der Waals surface area contributed by atoms with Gasteiger partial charge in [-0.3, -0.25) is 9.59 Å². The first kappa shape index (κ1) is 27.3. The summed E-state index contributed by atoms with van der Waals surface area (Å²) in [5.74, 6) is -1.72. The van der Waals surface area contributed by atoms with Crippen LogP contribution in [-0.2, 0) is 32.6 Å². The van der Waals surface area contributed by atoms with Gasteiger partial charge in [0.15, 0.2) is 0 Å². The van der Waals surface area contributed by atoms with Gasteiger partial charge in [-0.05, 0) is 65.6 Å². The molecule has 4 atom stereocenters. The maximum atomic E-state index is 14.1. The highest BCUT2D eigenvalue weighted by molar-refractivity contribution is 7.89. The molecule has 2 aliphatic rings. The van der Waals surface area contributed by atoms with Crippen molar-refractivity contribution >= 4 is 32.7 Å². The number of nitrogens with zero attached hydrogens (tertiary/aromatic N) is 1. The predicted octanol–water partition coefficient (Wildman–Crippen LogP) is 3.68. The average molecular weight is 550 g/mol. The Bertz CT molecular complexity index is 1470. The number of amides is 1. The van der Waals surface area contributed by atoms with Gasteiger partial charge >= 0.3 is 5.97 Å². The van der Waals surface area contributed by atoms with Gasteiger partial charge in [0.1, 0.15) is 6.04 Å². The van der Waals surface area contributed by atoms with Gasteiger partial charge in [-0.25, -0.2) is 8.42 Å². The number of likely N-dealkylation sites (tertiary alicyclic amines) is 1. The fourth-order valence-corrected chi connectivity index (χ4v) is 7.55. The number of carbonyl (C=O) groups is 2. The van der Waals surface area contributed by atoms with Gasteiger partial charge in [0.05, 0.1) is 10.8 Å². The van der Waals surface area contributed by atoms with E-state index < -0.39 is 28.0 Å². The number of carbonyl (C=O) groups excluding carboxylic acids is 1. The lowest BCUT2D eigenvalue weighted by Gasteiger charge is -2.47. The van der Waals surface area contributed by atoms with Crippen LogP contribution in [0, 0.1) is 11.8 Å². The number of fused-ring (bicyclic) bond motifs is 2. The van der Waals surface area contributed by atoms with Gasteiger partial charge < -0.3 is 15.7 Å². The normalized spacial score (nSPS) is 22.3. The SMILES string of the molecule is NCc1cccc(C[C@H](NS(=O)(=O)c2ccc3ccccc3c2)C(=O)N2CCC(C(=O)O)C3CCCCC32)c1. The standard InChI is InChI=1S/C30H35N3O5S/c31-19-21-7-5-6-20(16-21)17-27(32-39(37,38)24-13-12-22-8-1-2-9-23(22)18-24)29(34)33-15-14-26(30(35)36)25-10-3-4-11-28(25)33/h1-2,5-9,12-13,16,18,25-28,32H,3-4,10-11,14-15,17,19,31H2,(H,35,36)/t25?,26?,27-,28?/m0/s1. The Morgan fingerprint density at radius 3 is 2.46 bits per heavy atom. The summed E-state index contributed by atoms with van der Waals surface area (Å²) in [6.45, 7) is 0.635. The summed E-state index contributed by atoms with van der Waals surface area (Å²) in [5.41, 5.74) is 7.52. The number of hydrogen-bond acceptors (Lipinski definition) is 5. The van der Waals surface area contributed by atoms with Gasteiger partial charge in [0, 0.05) is 19.1 Å². The van der Waals surface area contributed by atoms with E-state index >= 15 is 0 Å². The number of aliphatic carboxylic acids is 1. The van der Waals surface area contributed by atoms with Crippen LogP contribution < -0.4 is 10.5 Å². The second-order valence-electron chi connectivity index (χ2n) is 10.7. The fourth-order valence-electron chi connectivity index (χ4n) is 6.32. The molecule has 3 unspecified atom stereocenters. The van der Waals surface area contributed by atoms with Crippen LogP contribution in [0.15, 0.2) is 71.6 Å². The minimum Gasteiger partial charge on any atom is -0.481 e. The first-order chi connectivity index (χ1) is 18.8. The first-order valence-electron chi connectivity index (χ1n) is 13.6. The largest absolute Gasteiger partial charge is 0.481 e. The number of hydrogen-bond donors (Lipinski definition) is 3. The number of sulfonamides is 1. The minimum atomic E-state index is -4.04. The predicted molar refractivity (Wildman–Crippen MR) is 149 cm³/mol. The molecule has 1 aliphatic heterocycles. The molecule has 0 aromatic heterocycles. The van der Waals surface area contributed by atoms with Gasteiger partial charge in [-0.2, -0.15) is 4.72 Å². The third-order valence-corrected chi connectivity index (χ3v) is 9.74. The number of nitrogens with one attached hydrogen (secondary N) is 1. The Labute approximate surface area is 229 Å². The van der Waals surface area contributed by atoms with Crippen LogP contribution in [0.4, 0.5) is 0 Å². The monoisotopic (exact) mass is 549 g/mol. The first-order valence-corrected chi connectivity index (χ1v) is 15.1. The van der Waals surface area contributed by atoms with E-state index in [-0.39, 0.29) is 29.2 Å². The van der Waals surface area contributed by atoms with Gasteiger partial charge in [-0.1, -0.05) is 67.4 Å². The Morgan fingerprint density at radius 1 is 0.949 bits per heavy atom. The Morgan fingerprint density at radius 2 is 1.69 bits per heavy atom. The number of piperidine rings is 1. The number of carboxylic acids is 1. The molecule has 8 nitrogen and oxygen atoms in total. The average Bonchev–Trinajstić information content (AvgIpc) is 2.95. The van der Waals surface area contributed by atoms with E-state index in [1.54, 1.807) is 23.1 Å². The summed E-state index contributed by atoms with van der Waals surface area (Å²) in [6.07, 6.45) is 3.88. The molecule has 1 aliphatic carbocycles. The molecule has 206 valence electrons. The summed E-state index contributed by atoms with van der Waals surface area (Å²) >= 11 is 0. The van der Waals surface area contributed by atoms with Crippen LogP contribution in [-0.4, -0.2) is 48.9 Å². The lowest BCUT2D eigenvalue weighted by Crippen LogP contribution is -2.59. The van der Waals surface area contributed by atoms with E-state index in [4.69, 9.17) is 5.73 Å². The molecule has 2 fully saturated rings. The van der Waals surface area contributed by atoms with Gasteiger partial charge in [0.2, 0.25) is 15.9 Å². The van der Waals surface area contributed by atoms with Crippen molar-refractivity contribution in [2.45, 2.75) is 62.0 Å². The zero-order valence-electron chi connectivity index (χ0n) is 21.8. The van der Waals surface area contributed by atoms with Crippen LogP contribution >= 0.6 is 0 Å². The van der Waals surface area contributed by atoms with Crippen molar-refractivity contribution in [2.75, 3.05) is 6.54 Å². The number of nitrogens with two attached hydrogens (primary N) is 1. The third kappa shape index (κ3) is 5.85. The molecule has 1 amide bonds. The van der Waals surface area contributed by atoms with E-state index in [9.17, 15) is 23.1 Å². The lowest BCUT2D eigenvalue weighted by molar-refractivity contribution is -0.154. The molecule has 3 aromatic rings.